The van der Waals surface area contributed by atoms with Gasteiger partial charge in [-0.1, -0.05) is 19.3 Å². The van der Waals surface area contributed by atoms with E-state index in [0.717, 1.165) is 32.1 Å². The summed E-state index contributed by atoms with van der Waals surface area (Å²) in [5.41, 5.74) is 0. The molecule has 0 atom stereocenters. The van der Waals surface area contributed by atoms with E-state index in [-0.39, 0.29) is 5.91 Å². The quantitative estimate of drug-likeness (QED) is 0.644. The van der Waals surface area contributed by atoms with Crippen LogP contribution >= 0.6 is 0 Å². The summed E-state index contributed by atoms with van der Waals surface area (Å²) in [7, 11) is 4.09. The molecule has 0 spiro atoms. The first-order chi connectivity index (χ1) is 8.74. The van der Waals surface area contributed by atoms with Crippen LogP contribution in [0.1, 0.15) is 44.9 Å². The van der Waals surface area contributed by atoms with Gasteiger partial charge in [-0.15, -0.1) is 0 Å². The van der Waals surface area contributed by atoms with Crippen molar-refractivity contribution in [3.05, 3.63) is 0 Å². The van der Waals surface area contributed by atoms with Crippen molar-refractivity contribution < 1.29 is 4.79 Å². The van der Waals surface area contributed by atoms with Crippen molar-refractivity contribution in [2.24, 2.45) is 0 Å². The van der Waals surface area contributed by atoms with Gasteiger partial charge in [-0.2, -0.15) is 0 Å². The molecule has 106 valence electrons. The van der Waals surface area contributed by atoms with Gasteiger partial charge in [0, 0.05) is 25.6 Å². The molecule has 1 amide bonds. The number of carbonyl (C=O) groups excluding carboxylic acids is 1. The summed E-state index contributed by atoms with van der Waals surface area (Å²) in [5.74, 6) is 0.157. The van der Waals surface area contributed by atoms with Crippen LogP contribution in [0.4, 0.5) is 0 Å². The van der Waals surface area contributed by atoms with Gasteiger partial charge in [0.05, 0.1) is 0 Å². The molecule has 4 heteroatoms. The smallest absolute Gasteiger partial charge is 0.221 e. The third-order valence-electron chi connectivity index (χ3n) is 3.81. The van der Waals surface area contributed by atoms with E-state index in [2.05, 4.69) is 22.6 Å². The lowest BCUT2D eigenvalue weighted by Crippen LogP contribution is -2.36. The van der Waals surface area contributed by atoms with Crippen LogP contribution in [0.25, 0.3) is 0 Å². The molecule has 1 rings (SSSR count). The highest BCUT2D eigenvalue weighted by molar-refractivity contribution is 5.75. The number of carbonyl (C=O) groups is 1. The van der Waals surface area contributed by atoms with Crippen LogP contribution in [0.2, 0.25) is 0 Å². The minimum Gasteiger partial charge on any atom is -0.356 e. The van der Waals surface area contributed by atoms with Gasteiger partial charge in [-0.05, 0) is 39.9 Å². The van der Waals surface area contributed by atoms with Crippen molar-refractivity contribution in [1.82, 2.24) is 15.5 Å². The highest BCUT2D eigenvalue weighted by Crippen LogP contribution is 2.21. The zero-order chi connectivity index (χ0) is 13.2. The lowest BCUT2D eigenvalue weighted by molar-refractivity contribution is -0.121. The molecule has 0 aromatic heterocycles. The largest absolute Gasteiger partial charge is 0.356 e. The van der Waals surface area contributed by atoms with E-state index in [9.17, 15) is 4.79 Å². The fraction of sp³-hybridized carbons (Fsp3) is 0.929. The number of hydrogen-bond donors (Lipinski definition) is 2. The minimum atomic E-state index is 0.157. The predicted octanol–water partition coefficient (Wildman–Crippen LogP) is 1.37. The molecule has 0 heterocycles. The maximum Gasteiger partial charge on any atom is 0.221 e. The monoisotopic (exact) mass is 255 g/mol. The Kier molecular flexibility index (Phi) is 8.01. The van der Waals surface area contributed by atoms with Crippen molar-refractivity contribution in [3.63, 3.8) is 0 Å². The van der Waals surface area contributed by atoms with Gasteiger partial charge in [0.25, 0.3) is 0 Å². The average molecular weight is 255 g/mol. The molecule has 0 saturated heterocycles. The zero-order valence-corrected chi connectivity index (χ0v) is 12.0. The Morgan fingerprint density at radius 3 is 2.61 bits per heavy atom. The first-order valence-electron chi connectivity index (χ1n) is 7.35. The van der Waals surface area contributed by atoms with Crippen molar-refractivity contribution >= 4 is 5.91 Å². The Hall–Kier alpha value is -0.610. The summed E-state index contributed by atoms with van der Waals surface area (Å²) in [6.07, 6.45) is 8.51. The van der Waals surface area contributed by atoms with Crippen molar-refractivity contribution in [3.8, 4) is 0 Å². The summed E-state index contributed by atoms with van der Waals surface area (Å²) in [6, 6.07) is 0.777. The molecule has 2 N–H and O–H groups in total. The van der Waals surface area contributed by atoms with Gasteiger partial charge >= 0.3 is 0 Å². The van der Waals surface area contributed by atoms with Crippen LogP contribution in [0.5, 0.6) is 0 Å². The van der Waals surface area contributed by atoms with Gasteiger partial charge in [0.2, 0.25) is 5.91 Å². The van der Waals surface area contributed by atoms with E-state index in [1.54, 1.807) is 0 Å². The number of rotatable bonds is 8. The van der Waals surface area contributed by atoms with E-state index in [1.165, 1.54) is 32.1 Å². The first-order valence-corrected chi connectivity index (χ1v) is 7.35. The van der Waals surface area contributed by atoms with Gasteiger partial charge in [-0.25, -0.2) is 0 Å². The van der Waals surface area contributed by atoms with Crippen LogP contribution in [0.15, 0.2) is 0 Å². The van der Waals surface area contributed by atoms with Crippen LogP contribution in [-0.2, 0) is 4.79 Å². The fourth-order valence-corrected chi connectivity index (χ4v) is 2.59. The van der Waals surface area contributed by atoms with Crippen LogP contribution in [0, 0.1) is 0 Å². The number of nitrogens with zero attached hydrogens (tertiary/aromatic N) is 1. The van der Waals surface area contributed by atoms with Crippen molar-refractivity contribution in [2.75, 3.05) is 33.7 Å². The maximum atomic E-state index is 11.4. The highest BCUT2D eigenvalue weighted by Gasteiger charge is 2.17. The van der Waals surface area contributed by atoms with Gasteiger partial charge in [-0.3, -0.25) is 4.79 Å². The summed E-state index contributed by atoms with van der Waals surface area (Å²) < 4.78 is 0. The second-order valence-electron chi connectivity index (χ2n) is 5.33. The van der Waals surface area contributed by atoms with Gasteiger partial charge in [0.1, 0.15) is 0 Å². The summed E-state index contributed by atoms with van der Waals surface area (Å²) in [6.45, 7) is 2.66. The Labute approximate surface area is 111 Å². The second kappa shape index (κ2) is 9.34. The first kappa shape index (κ1) is 15.4. The normalized spacial score (nSPS) is 17.1. The predicted molar refractivity (Wildman–Crippen MR) is 75.7 cm³/mol. The molecule has 4 nitrogen and oxygen atoms in total. The van der Waals surface area contributed by atoms with Gasteiger partial charge in [0.15, 0.2) is 0 Å². The Balaban J connectivity index is 2.01. The standard InChI is InChI=1S/C14H29N3O/c1-15-11-9-14(18)16-10-6-12-17(2)13-7-4-3-5-8-13/h13,15H,3-12H2,1-2H3,(H,16,18). The minimum absolute atomic E-state index is 0.157. The maximum absolute atomic E-state index is 11.4. The Morgan fingerprint density at radius 2 is 1.94 bits per heavy atom. The van der Waals surface area contributed by atoms with Crippen LogP contribution in [-0.4, -0.2) is 50.6 Å². The fourth-order valence-electron chi connectivity index (χ4n) is 2.59. The average Bonchev–Trinajstić information content (AvgIpc) is 2.42. The molecule has 1 saturated carbocycles. The Morgan fingerprint density at radius 1 is 1.22 bits per heavy atom. The summed E-state index contributed by atoms with van der Waals surface area (Å²) in [4.78, 5) is 13.9. The molecule has 1 fully saturated rings. The molecule has 0 aromatic rings. The van der Waals surface area contributed by atoms with E-state index < -0.39 is 0 Å². The third-order valence-corrected chi connectivity index (χ3v) is 3.81. The van der Waals surface area contributed by atoms with Crippen LogP contribution in [0.3, 0.4) is 0 Å². The number of amides is 1. The van der Waals surface area contributed by atoms with E-state index >= 15 is 0 Å². The molecule has 18 heavy (non-hydrogen) atoms. The highest BCUT2D eigenvalue weighted by atomic mass is 16.1. The molecule has 0 bridgehead atoms. The van der Waals surface area contributed by atoms with Crippen molar-refractivity contribution in [1.29, 1.82) is 0 Å². The SMILES string of the molecule is CNCCC(=O)NCCCN(C)C1CCCCC1. The second-order valence-corrected chi connectivity index (χ2v) is 5.33. The number of hydrogen-bond acceptors (Lipinski definition) is 3. The third kappa shape index (κ3) is 6.36. The lowest BCUT2D eigenvalue weighted by Gasteiger charge is -2.31. The summed E-state index contributed by atoms with van der Waals surface area (Å²) in [5, 5.41) is 5.95. The topological polar surface area (TPSA) is 44.4 Å². The van der Waals surface area contributed by atoms with E-state index in [4.69, 9.17) is 0 Å². The van der Waals surface area contributed by atoms with E-state index in [0.29, 0.717) is 6.42 Å². The van der Waals surface area contributed by atoms with Gasteiger partial charge < -0.3 is 15.5 Å². The summed E-state index contributed by atoms with van der Waals surface area (Å²) >= 11 is 0. The molecule has 0 radical (unpaired) electrons. The van der Waals surface area contributed by atoms with Crippen LogP contribution < -0.4 is 10.6 Å². The molecular weight excluding hydrogens is 226 g/mol. The van der Waals surface area contributed by atoms with E-state index in [1.807, 2.05) is 7.05 Å². The zero-order valence-electron chi connectivity index (χ0n) is 12.0. The molecule has 0 aliphatic heterocycles. The lowest BCUT2D eigenvalue weighted by atomic mass is 9.94. The molecular formula is C14H29N3O. The Bertz CT molecular complexity index is 227. The molecule has 1 aliphatic rings. The number of nitrogens with one attached hydrogen (secondary N) is 2. The van der Waals surface area contributed by atoms with Crippen molar-refractivity contribution in [2.45, 2.75) is 51.0 Å². The molecule has 0 aromatic carbocycles. The molecule has 1 aliphatic carbocycles. The molecule has 0 unspecified atom stereocenters.